The van der Waals surface area contributed by atoms with Crippen molar-refractivity contribution in [3.05, 3.63) is 35.4 Å². The Morgan fingerprint density at radius 3 is 2.26 bits per heavy atom. The monoisotopic (exact) mass is 284 g/mol. The molecule has 0 aliphatic rings. The van der Waals surface area contributed by atoms with Gasteiger partial charge in [-0.05, 0) is 32.3 Å². The van der Waals surface area contributed by atoms with Crippen molar-refractivity contribution in [3.63, 3.8) is 0 Å². The number of nitrogens with zero attached hydrogens (tertiary/aromatic N) is 1. The van der Waals surface area contributed by atoms with Crippen molar-refractivity contribution in [2.75, 3.05) is 13.1 Å². The van der Waals surface area contributed by atoms with Crippen molar-refractivity contribution in [2.24, 2.45) is 5.73 Å². The average Bonchev–Trinajstić information content (AvgIpc) is 2.40. The van der Waals surface area contributed by atoms with Gasteiger partial charge in [-0.2, -0.15) is 0 Å². The fourth-order valence-electron chi connectivity index (χ4n) is 2.23. The lowest BCUT2D eigenvalue weighted by atomic mass is 10.0. The minimum absolute atomic E-state index is 0. The molecule has 1 aromatic carbocycles. The minimum Gasteiger partial charge on any atom is -0.339 e. The van der Waals surface area contributed by atoms with Crippen molar-refractivity contribution < 1.29 is 4.79 Å². The largest absolute Gasteiger partial charge is 0.339 e. The summed E-state index contributed by atoms with van der Waals surface area (Å²) in [4.78, 5) is 13.7. The Balaban J connectivity index is 0.00000324. The summed E-state index contributed by atoms with van der Waals surface area (Å²) in [5.41, 5.74) is 8.00. The first-order chi connectivity index (χ1) is 8.62. The third kappa shape index (κ3) is 5.21. The van der Waals surface area contributed by atoms with Crippen LogP contribution in [0.5, 0.6) is 0 Å². The highest BCUT2D eigenvalue weighted by molar-refractivity contribution is 5.85. The smallest absolute Gasteiger partial charge is 0.236 e. The highest BCUT2D eigenvalue weighted by atomic mass is 35.5. The number of amides is 1. The predicted molar refractivity (Wildman–Crippen MR) is 82.7 cm³/mol. The molecule has 0 bridgehead atoms. The highest BCUT2D eigenvalue weighted by Crippen LogP contribution is 2.13. The molecule has 108 valence electrons. The molecule has 0 aliphatic heterocycles. The Hall–Kier alpha value is -1.06. The van der Waals surface area contributed by atoms with E-state index in [1.807, 2.05) is 11.8 Å². The number of hydrogen-bond donors (Lipinski definition) is 1. The molecule has 0 radical (unpaired) electrons. The molecule has 3 nitrogen and oxygen atoms in total. The van der Waals surface area contributed by atoms with E-state index in [1.54, 1.807) is 0 Å². The van der Waals surface area contributed by atoms with Gasteiger partial charge in [0.05, 0.1) is 6.54 Å². The van der Waals surface area contributed by atoms with Crippen molar-refractivity contribution >= 4 is 18.3 Å². The summed E-state index contributed by atoms with van der Waals surface area (Å²) < 4.78 is 0. The number of halogens is 1. The second-order valence-corrected chi connectivity index (χ2v) is 4.64. The normalized spacial score (nSPS) is 11.6. The number of nitrogens with two attached hydrogens (primary N) is 1. The van der Waals surface area contributed by atoms with Crippen molar-refractivity contribution in [1.29, 1.82) is 0 Å². The molecule has 0 fully saturated rings. The van der Waals surface area contributed by atoms with E-state index < -0.39 is 0 Å². The van der Waals surface area contributed by atoms with E-state index in [4.69, 9.17) is 5.73 Å². The number of hydrogen-bond acceptors (Lipinski definition) is 2. The minimum atomic E-state index is 0. The van der Waals surface area contributed by atoms with E-state index in [-0.39, 0.29) is 30.9 Å². The standard InChI is InChI=1S/C15H24N2O.ClH/c1-4-14(17(5-2)15(18)11-16)10-13-8-6-12(3)7-9-13;/h6-9,14H,4-5,10-11,16H2,1-3H3;1H. The molecule has 0 saturated carbocycles. The summed E-state index contributed by atoms with van der Waals surface area (Å²) in [5.74, 6) is 0.0384. The van der Waals surface area contributed by atoms with Gasteiger partial charge in [-0.3, -0.25) is 4.79 Å². The van der Waals surface area contributed by atoms with Gasteiger partial charge in [0.1, 0.15) is 0 Å². The number of carbonyl (C=O) groups is 1. The van der Waals surface area contributed by atoms with Gasteiger partial charge in [0.25, 0.3) is 0 Å². The fraction of sp³-hybridized carbons (Fsp3) is 0.533. The Bertz CT molecular complexity index is 378. The molecule has 1 atom stereocenters. The lowest BCUT2D eigenvalue weighted by molar-refractivity contribution is -0.131. The Morgan fingerprint density at radius 2 is 1.84 bits per heavy atom. The molecule has 1 unspecified atom stereocenters. The van der Waals surface area contributed by atoms with E-state index in [2.05, 4.69) is 38.1 Å². The second kappa shape index (κ2) is 8.94. The van der Waals surface area contributed by atoms with Crippen molar-refractivity contribution in [2.45, 2.75) is 39.7 Å². The molecule has 1 amide bonds. The van der Waals surface area contributed by atoms with Crippen LogP contribution < -0.4 is 5.73 Å². The van der Waals surface area contributed by atoms with Crippen LogP contribution in [0.2, 0.25) is 0 Å². The molecule has 19 heavy (non-hydrogen) atoms. The van der Waals surface area contributed by atoms with Gasteiger partial charge < -0.3 is 10.6 Å². The van der Waals surface area contributed by atoms with E-state index in [1.165, 1.54) is 11.1 Å². The summed E-state index contributed by atoms with van der Waals surface area (Å²) in [5, 5.41) is 0. The van der Waals surface area contributed by atoms with Gasteiger partial charge in [-0.1, -0.05) is 36.8 Å². The van der Waals surface area contributed by atoms with E-state index in [0.29, 0.717) is 0 Å². The van der Waals surface area contributed by atoms with Gasteiger partial charge >= 0.3 is 0 Å². The van der Waals surface area contributed by atoms with Crippen LogP contribution in [0.25, 0.3) is 0 Å². The van der Waals surface area contributed by atoms with Crippen LogP contribution in [-0.4, -0.2) is 29.9 Å². The van der Waals surface area contributed by atoms with Gasteiger partial charge in [0, 0.05) is 12.6 Å². The summed E-state index contributed by atoms with van der Waals surface area (Å²) in [6.45, 7) is 7.02. The lowest BCUT2D eigenvalue weighted by Gasteiger charge is -2.30. The van der Waals surface area contributed by atoms with Crippen molar-refractivity contribution in [3.8, 4) is 0 Å². The topological polar surface area (TPSA) is 46.3 Å². The zero-order chi connectivity index (χ0) is 13.5. The van der Waals surface area contributed by atoms with Gasteiger partial charge in [-0.15, -0.1) is 12.4 Å². The maximum Gasteiger partial charge on any atom is 0.236 e. The molecule has 4 heteroatoms. The number of carbonyl (C=O) groups excluding carboxylic acids is 1. The molecular formula is C15H25ClN2O. The molecule has 2 N–H and O–H groups in total. The summed E-state index contributed by atoms with van der Waals surface area (Å²) in [6, 6.07) is 8.75. The van der Waals surface area contributed by atoms with Crippen molar-refractivity contribution in [1.82, 2.24) is 4.90 Å². The summed E-state index contributed by atoms with van der Waals surface area (Å²) in [6.07, 6.45) is 1.85. The number of benzene rings is 1. The SMILES string of the molecule is CCC(Cc1ccc(C)cc1)N(CC)C(=O)CN.Cl. The molecule has 0 aromatic heterocycles. The molecule has 0 heterocycles. The van der Waals surface area contributed by atoms with Crippen LogP contribution in [-0.2, 0) is 11.2 Å². The Kier molecular flexibility index (Phi) is 8.44. The van der Waals surface area contributed by atoms with Gasteiger partial charge in [-0.25, -0.2) is 0 Å². The van der Waals surface area contributed by atoms with Gasteiger partial charge in [0.15, 0.2) is 0 Å². The first kappa shape index (κ1) is 17.9. The summed E-state index contributed by atoms with van der Waals surface area (Å²) >= 11 is 0. The van der Waals surface area contributed by atoms with Crippen LogP contribution >= 0.6 is 12.4 Å². The average molecular weight is 285 g/mol. The molecule has 0 aliphatic carbocycles. The predicted octanol–water partition coefficient (Wildman–Crippen LogP) is 2.55. The van der Waals surface area contributed by atoms with Crippen LogP contribution in [0.1, 0.15) is 31.4 Å². The molecular weight excluding hydrogens is 260 g/mol. The maximum absolute atomic E-state index is 11.8. The van der Waals surface area contributed by atoms with E-state index >= 15 is 0 Å². The third-order valence-electron chi connectivity index (χ3n) is 3.34. The third-order valence-corrected chi connectivity index (χ3v) is 3.34. The first-order valence-corrected chi connectivity index (χ1v) is 6.67. The number of aryl methyl sites for hydroxylation is 1. The van der Waals surface area contributed by atoms with Crippen LogP contribution in [0, 0.1) is 6.92 Å². The number of likely N-dealkylation sites (N-methyl/N-ethyl adjacent to an activating group) is 1. The lowest BCUT2D eigenvalue weighted by Crippen LogP contribution is -2.44. The number of rotatable bonds is 6. The summed E-state index contributed by atoms with van der Waals surface area (Å²) in [7, 11) is 0. The Labute approximate surface area is 122 Å². The zero-order valence-corrected chi connectivity index (χ0v) is 12.9. The zero-order valence-electron chi connectivity index (χ0n) is 12.1. The molecule has 0 saturated heterocycles. The maximum atomic E-state index is 11.8. The molecule has 1 aromatic rings. The first-order valence-electron chi connectivity index (χ1n) is 6.67. The Morgan fingerprint density at radius 1 is 1.26 bits per heavy atom. The second-order valence-electron chi connectivity index (χ2n) is 4.64. The van der Waals surface area contributed by atoms with Crippen LogP contribution in [0.15, 0.2) is 24.3 Å². The quantitative estimate of drug-likeness (QED) is 0.873. The highest BCUT2D eigenvalue weighted by Gasteiger charge is 2.19. The van der Waals surface area contributed by atoms with Crippen LogP contribution in [0.3, 0.4) is 0 Å². The van der Waals surface area contributed by atoms with E-state index in [0.717, 1.165) is 19.4 Å². The fourth-order valence-corrected chi connectivity index (χ4v) is 2.23. The van der Waals surface area contributed by atoms with Crippen LogP contribution in [0.4, 0.5) is 0 Å². The molecule has 0 spiro atoms. The molecule has 1 rings (SSSR count). The van der Waals surface area contributed by atoms with Gasteiger partial charge in [0.2, 0.25) is 5.91 Å². The van der Waals surface area contributed by atoms with E-state index in [9.17, 15) is 4.79 Å².